The second-order valence-electron chi connectivity index (χ2n) is 6.63. The van der Waals surface area contributed by atoms with Crippen molar-refractivity contribution in [3.8, 4) is 0 Å². The van der Waals surface area contributed by atoms with E-state index in [9.17, 15) is 0 Å². The molecule has 1 atom stereocenters. The minimum Gasteiger partial charge on any atom is -0.378 e. The molecule has 0 bridgehead atoms. The molecule has 0 spiro atoms. The largest absolute Gasteiger partial charge is 0.378 e. The van der Waals surface area contributed by atoms with Crippen LogP contribution in [0, 0.1) is 5.92 Å². The highest BCUT2D eigenvalue weighted by Gasteiger charge is 2.39. The fourth-order valence-electron chi connectivity index (χ4n) is 3.23. The van der Waals surface area contributed by atoms with E-state index in [1.165, 1.54) is 30.4 Å². The van der Waals surface area contributed by atoms with Crippen molar-refractivity contribution in [3.05, 3.63) is 35.4 Å². The summed E-state index contributed by atoms with van der Waals surface area (Å²) in [5.41, 5.74) is 2.95. The van der Waals surface area contributed by atoms with Gasteiger partial charge in [0.15, 0.2) is 0 Å². The summed E-state index contributed by atoms with van der Waals surface area (Å²) in [6.45, 7) is 4.55. The van der Waals surface area contributed by atoms with E-state index in [2.05, 4.69) is 50.5 Å². The van der Waals surface area contributed by atoms with Crippen LogP contribution in [0.4, 0.5) is 0 Å². The smallest absolute Gasteiger partial charge is 0.0697 e. The second-order valence-corrected chi connectivity index (χ2v) is 6.63. The van der Waals surface area contributed by atoms with Crippen molar-refractivity contribution in [2.75, 3.05) is 14.2 Å². The Kier molecular flexibility index (Phi) is 5.22. The van der Waals surface area contributed by atoms with E-state index >= 15 is 0 Å². The van der Waals surface area contributed by atoms with Crippen LogP contribution in [-0.4, -0.2) is 19.8 Å². The van der Waals surface area contributed by atoms with E-state index in [1.54, 1.807) is 0 Å². The standard InChI is InChI=1S/C18H29NO/c1-14(2)11-15-7-5-8-16(12-15)17(19-3)13-18(20-4)9-6-10-18/h5,7-8,12,14,17,19H,6,9-11,13H2,1-4H3. The Morgan fingerprint density at radius 1 is 1.30 bits per heavy atom. The molecule has 0 saturated heterocycles. The van der Waals surface area contributed by atoms with Crippen LogP contribution < -0.4 is 5.32 Å². The first-order chi connectivity index (χ1) is 9.58. The van der Waals surface area contributed by atoms with Crippen molar-refractivity contribution in [2.24, 2.45) is 5.92 Å². The molecule has 112 valence electrons. The van der Waals surface area contributed by atoms with Crippen LogP contribution in [0.15, 0.2) is 24.3 Å². The summed E-state index contributed by atoms with van der Waals surface area (Å²) in [5.74, 6) is 0.704. The predicted octanol–water partition coefficient (Wildman–Crippen LogP) is 4.10. The number of methoxy groups -OCH3 is 1. The van der Waals surface area contributed by atoms with Crippen LogP contribution in [0.1, 0.15) is 56.7 Å². The van der Waals surface area contributed by atoms with Crippen molar-refractivity contribution < 1.29 is 4.74 Å². The molecule has 1 fully saturated rings. The monoisotopic (exact) mass is 275 g/mol. The summed E-state index contributed by atoms with van der Waals surface area (Å²) in [5, 5.41) is 3.48. The van der Waals surface area contributed by atoms with E-state index in [-0.39, 0.29) is 5.60 Å². The first kappa shape index (κ1) is 15.5. The van der Waals surface area contributed by atoms with E-state index in [0.29, 0.717) is 12.0 Å². The summed E-state index contributed by atoms with van der Waals surface area (Å²) in [6.07, 6.45) is 5.93. The maximum atomic E-state index is 5.78. The molecule has 1 aliphatic rings. The molecule has 1 N–H and O–H groups in total. The third kappa shape index (κ3) is 3.62. The molecule has 1 saturated carbocycles. The van der Waals surface area contributed by atoms with Crippen LogP contribution in [0.5, 0.6) is 0 Å². The van der Waals surface area contributed by atoms with Crippen LogP contribution in [0.25, 0.3) is 0 Å². The van der Waals surface area contributed by atoms with Crippen molar-refractivity contribution >= 4 is 0 Å². The Labute approximate surface area is 123 Å². The molecule has 1 unspecified atom stereocenters. The summed E-state index contributed by atoms with van der Waals surface area (Å²) < 4.78 is 5.78. The Morgan fingerprint density at radius 2 is 2.05 bits per heavy atom. The molecule has 0 amide bonds. The number of rotatable bonds is 7. The quantitative estimate of drug-likeness (QED) is 0.808. The van der Waals surface area contributed by atoms with Gasteiger partial charge in [0.25, 0.3) is 0 Å². The minimum atomic E-state index is 0.113. The molecule has 2 rings (SSSR count). The zero-order valence-electron chi connectivity index (χ0n) is 13.4. The fraction of sp³-hybridized carbons (Fsp3) is 0.667. The summed E-state index contributed by atoms with van der Waals surface area (Å²) in [6, 6.07) is 9.43. The van der Waals surface area contributed by atoms with Gasteiger partial charge in [0.1, 0.15) is 0 Å². The molecule has 1 aliphatic carbocycles. The maximum absolute atomic E-state index is 5.78. The van der Waals surface area contributed by atoms with Gasteiger partial charge in [-0.15, -0.1) is 0 Å². The van der Waals surface area contributed by atoms with Crippen molar-refractivity contribution in [1.29, 1.82) is 0 Å². The van der Waals surface area contributed by atoms with Gasteiger partial charge in [-0.2, -0.15) is 0 Å². The topological polar surface area (TPSA) is 21.3 Å². The molecule has 0 aliphatic heterocycles. The minimum absolute atomic E-state index is 0.113. The van der Waals surface area contributed by atoms with Gasteiger partial charge in [-0.05, 0) is 56.2 Å². The summed E-state index contributed by atoms with van der Waals surface area (Å²) >= 11 is 0. The van der Waals surface area contributed by atoms with Gasteiger partial charge in [-0.3, -0.25) is 0 Å². The van der Waals surface area contributed by atoms with Gasteiger partial charge >= 0.3 is 0 Å². The number of benzene rings is 1. The number of nitrogens with one attached hydrogen (secondary N) is 1. The predicted molar refractivity (Wildman–Crippen MR) is 85.0 cm³/mol. The molecule has 2 heteroatoms. The molecule has 20 heavy (non-hydrogen) atoms. The lowest BCUT2D eigenvalue weighted by atomic mass is 9.74. The first-order valence-corrected chi connectivity index (χ1v) is 7.90. The lowest BCUT2D eigenvalue weighted by Crippen LogP contribution is -2.42. The lowest BCUT2D eigenvalue weighted by molar-refractivity contribution is -0.0834. The van der Waals surface area contributed by atoms with Crippen molar-refractivity contribution in [1.82, 2.24) is 5.32 Å². The first-order valence-electron chi connectivity index (χ1n) is 7.90. The highest BCUT2D eigenvalue weighted by molar-refractivity contribution is 5.27. The second kappa shape index (κ2) is 6.73. The summed E-state index contributed by atoms with van der Waals surface area (Å²) in [4.78, 5) is 0. The summed E-state index contributed by atoms with van der Waals surface area (Å²) in [7, 11) is 3.92. The average molecular weight is 275 g/mol. The third-order valence-corrected chi connectivity index (χ3v) is 4.62. The molecular weight excluding hydrogens is 246 g/mol. The molecule has 2 nitrogen and oxygen atoms in total. The van der Waals surface area contributed by atoms with E-state index in [1.807, 2.05) is 7.11 Å². The molecule has 1 aromatic rings. The Bertz CT molecular complexity index is 418. The van der Waals surface area contributed by atoms with E-state index in [4.69, 9.17) is 4.74 Å². The van der Waals surface area contributed by atoms with Gasteiger partial charge < -0.3 is 10.1 Å². The lowest BCUT2D eigenvalue weighted by Gasteiger charge is -2.43. The number of hydrogen-bond donors (Lipinski definition) is 1. The maximum Gasteiger partial charge on any atom is 0.0697 e. The van der Waals surface area contributed by atoms with Gasteiger partial charge in [0, 0.05) is 13.2 Å². The van der Waals surface area contributed by atoms with Crippen molar-refractivity contribution in [3.63, 3.8) is 0 Å². The Morgan fingerprint density at radius 3 is 2.55 bits per heavy atom. The Hall–Kier alpha value is -0.860. The fourth-order valence-corrected chi connectivity index (χ4v) is 3.23. The number of ether oxygens (including phenoxy) is 1. The van der Waals surface area contributed by atoms with Crippen LogP contribution in [0.2, 0.25) is 0 Å². The highest BCUT2D eigenvalue weighted by Crippen LogP contribution is 2.41. The number of hydrogen-bond acceptors (Lipinski definition) is 2. The van der Waals surface area contributed by atoms with Gasteiger partial charge in [0.2, 0.25) is 0 Å². The molecular formula is C18H29NO. The van der Waals surface area contributed by atoms with Crippen molar-refractivity contribution in [2.45, 2.75) is 57.6 Å². The zero-order valence-corrected chi connectivity index (χ0v) is 13.4. The van der Waals surface area contributed by atoms with Crippen LogP contribution in [-0.2, 0) is 11.2 Å². The van der Waals surface area contributed by atoms with Gasteiger partial charge in [-0.1, -0.05) is 38.1 Å². The Balaban J connectivity index is 2.10. The average Bonchev–Trinajstić information content (AvgIpc) is 2.38. The molecule has 0 radical (unpaired) electrons. The van der Waals surface area contributed by atoms with E-state index in [0.717, 1.165) is 12.8 Å². The molecule has 0 aromatic heterocycles. The van der Waals surface area contributed by atoms with E-state index < -0.39 is 0 Å². The zero-order chi connectivity index (χ0) is 14.6. The van der Waals surface area contributed by atoms with Gasteiger partial charge in [-0.25, -0.2) is 0 Å². The molecule has 1 aromatic carbocycles. The van der Waals surface area contributed by atoms with Gasteiger partial charge in [0.05, 0.1) is 5.60 Å². The highest BCUT2D eigenvalue weighted by atomic mass is 16.5. The van der Waals surface area contributed by atoms with Crippen LogP contribution in [0.3, 0.4) is 0 Å². The van der Waals surface area contributed by atoms with Crippen LogP contribution >= 0.6 is 0 Å². The molecule has 0 heterocycles. The SMILES string of the molecule is CNC(CC1(OC)CCC1)c1cccc(CC(C)C)c1. The normalized spacial score (nSPS) is 18.9. The third-order valence-electron chi connectivity index (χ3n) is 4.62.